The van der Waals surface area contributed by atoms with E-state index < -0.39 is 0 Å². The van der Waals surface area contributed by atoms with Gasteiger partial charge in [-0.05, 0) is 35.7 Å². The van der Waals surface area contributed by atoms with Crippen molar-refractivity contribution in [2.75, 3.05) is 12.4 Å². The van der Waals surface area contributed by atoms with Crippen LogP contribution in [0.1, 0.15) is 4.88 Å². The molecule has 23 heavy (non-hydrogen) atoms. The summed E-state index contributed by atoms with van der Waals surface area (Å²) in [6, 6.07) is 11.1. The highest BCUT2D eigenvalue weighted by Gasteiger charge is 2.10. The van der Waals surface area contributed by atoms with Crippen LogP contribution in [0.25, 0.3) is 17.5 Å². The number of anilines is 1. The highest BCUT2D eigenvalue weighted by molar-refractivity contribution is 7.10. The Morgan fingerprint density at radius 3 is 3.00 bits per heavy atom. The summed E-state index contributed by atoms with van der Waals surface area (Å²) in [5, 5.41) is 12.2. The molecule has 116 valence electrons. The van der Waals surface area contributed by atoms with Crippen molar-refractivity contribution in [1.29, 1.82) is 0 Å². The van der Waals surface area contributed by atoms with Crippen LogP contribution in [0, 0.1) is 0 Å². The molecule has 0 unspecified atom stereocenters. The van der Waals surface area contributed by atoms with E-state index in [4.69, 9.17) is 9.15 Å². The van der Waals surface area contributed by atoms with Crippen LogP contribution in [0.3, 0.4) is 0 Å². The number of hydrogen-bond acceptors (Lipinski definition) is 6. The number of nitrogens with one attached hydrogen (secondary N) is 1. The van der Waals surface area contributed by atoms with E-state index in [1.165, 1.54) is 6.08 Å². The van der Waals surface area contributed by atoms with Crippen LogP contribution in [0.4, 0.5) is 6.01 Å². The van der Waals surface area contributed by atoms with Gasteiger partial charge in [0.2, 0.25) is 5.89 Å². The predicted molar refractivity (Wildman–Crippen MR) is 88.3 cm³/mol. The fraction of sp³-hybridized carbons (Fsp3) is 0.0625. The molecule has 1 N–H and O–H groups in total. The molecule has 1 aromatic carbocycles. The normalized spacial score (nSPS) is 10.8. The molecule has 0 aliphatic carbocycles. The van der Waals surface area contributed by atoms with Gasteiger partial charge in [-0.15, -0.1) is 16.4 Å². The van der Waals surface area contributed by atoms with Crippen molar-refractivity contribution < 1.29 is 13.9 Å². The maximum absolute atomic E-state index is 11.8. The summed E-state index contributed by atoms with van der Waals surface area (Å²) in [5.41, 5.74) is 0.714. The molecular weight excluding hydrogens is 314 g/mol. The van der Waals surface area contributed by atoms with E-state index in [1.807, 2.05) is 35.7 Å². The summed E-state index contributed by atoms with van der Waals surface area (Å²) in [4.78, 5) is 12.8. The third-order valence-corrected chi connectivity index (χ3v) is 3.75. The molecule has 0 bridgehead atoms. The summed E-state index contributed by atoms with van der Waals surface area (Å²) >= 11 is 1.55. The van der Waals surface area contributed by atoms with Crippen molar-refractivity contribution in [2.24, 2.45) is 0 Å². The van der Waals surface area contributed by atoms with Crippen LogP contribution in [0.5, 0.6) is 5.75 Å². The van der Waals surface area contributed by atoms with Gasteiger partial charge in [-0.25, -0.2) is 0 Å². The van der Waals surface area contributed by atoms with Gasteiger partial charge in [0.15, 0.2) is 0 Å². The van der Waals surface area contributed by atoms with Crippen LogP contribution in [0.15, 0.2) is 52.3 Å². The summed E-state index contributed by atoms with van der Waals surface area (Å²) in [6.45, 7) is 0. The third-order valence-electron chi connectivity index (χ3n) is 2.91. The Labute approximate surface area is 136 Å². The lowest BCUT2D eigenvalue weighted by Gasteiger charge is -2.00. The molecule has 0 saturated heterocycles. The molecule has 0 aliphatic heterocycles. The van der Waals surface area contributed by atoms with Crippen molar-refractivity contribution in [1.82, 2.24) is 10.2 Å². The van der Waals surface area contributed by atoms with Crippen molar-refractivity contribution in [3.63, 3.8) is 0 Å². The molecule has 0 saturated carbocycles. The van der Waals surface area contributed by atoms with Gasteiger partial charge >= 0.3 is 6.01 Å². The Hall–Kier alpha value is -2.93. The topological polar surface area (TPSA) is 77.3 Å². The van der Waals surface area contributed by atoms with Crippen molar-refractivity contribution in [2.45, 2.75) is 0 Å². The summed E-state index contributed by atoms with van der Waals surface area (Å²) in [6.07, 6.45) is 3.14. The molecule has 0 spiro atoms. The van der Waals surface area contributed by atoms with Gasteiger partial charge in [-0.3, -0.25) is 10.1 Å². The minimum absolute atomic E-state index is 0.0450. The fourth-order valence-electron chi connectivity index (χ4n) is 1.84. The monoisotopic (exact) mass is 327 g/mol. The van der Waals surface area contributed by atoms with Crippen molar-refractivity contribution in [3.05, 3.63) is 52.7 Å². The molecule has 2 heterocycles. The Morgan fingerprint density at radius 2 is 2.22 bits per heavy atom. The van der Waals surface area contributed by atoms with Gasteiger partial charge in [0.1, 0.15) is 5.75 Å². The number of rotatable bonds is 5. The number of ether oxygens (including phenoxy) is 1. The molecule has 0 radical (unpaired) electrons. The van der Waals surface area contributed by atoms with E-state index in [1.54, 1.807) is 30.6 Å². The molecule has 2 aromatic heterocycles. The molecule has 0 atom stereocenters. The summed E-state index contributed by atoms with van der Waals surface area (Å²) in [5.74, 6) is 0.658. The number of thiophene rings is 1. The maximum atomic E-state index is 11.8. The van der Waals surface area contributed by atoms with Gasteiger partial charge in [0, 0.05) is 16.5 Å². The molecule has 7 heteroatoms. The second-order valence-corrected chi connectivity index (χ2v) is 5.46. The minimum atomic E-state index is -0.334. The molecule has 0 aliphatic rings. The lowest BCUT2D eigenvalue weighted by molar-refractivity contribution is -0.112. The Morgan fingerprint density at radius 1 is 1.30 bits per heavy atom. The minimum Gasteiger partial charge on any atom is -0.497 e. The fourth-order valence-corrected chi connectivity index (χ4v) is 2.46. The summed E-state index contributed by atoms with van der Waals surface area (Å²) < 4.78 is 10.6. The zero-order chi connectivity index (χ0) is 16.1. The van der Waals surface area contributed by atoms with Crippen LogP contribution in [-0.2, 0) is 4.79 Å². The Bertz CT molecular complexity index is 825. The number of carbonyl (C=O) groups excluding carboxylic acids is 1. The number of hydrogen-bond donors (Lipinski definition) is 1. The van der Waals surface area contributed by atoms with Crippen molar-refractivity contribution >= 4 is 29.3 Å². The SMILES string of the molecule is COc1cccc(-c2nnc(NC(=O)C=Cc3cccs3)o2)c1. The number of amides is 1. The number of carbonyl (C=O) groups is 1. The third kappa shape index (κ3) is 3.83. The van der Waals surface area contributed by atoms with Gasteiger partial charge in [-0.2, -0.15) is 0 Å². The van der Waals surface area contributed by atoms with E-state index in [2.05, 4.69) is 15.5 Å². The van der Waals surface area contributed by atoms with E-state index in [-0.39, 0.29) is 11.9 Å². The van der Waals surface area contributed by atoms with Gasteiger partial charge in [0.25, 0.3) is 5.91 Å². The first-order valence-electron chi connectivity index (χ1n) is 6.75. The predicted octanol–water partition coefficient (Wildman–Crippen LogP) is 3.46. The molecule has 6 nitrogen and oxygen atoms in total. The zero-order valence-electron chi connectivity index (χ0n) is 12.2. The van der Waals surface area contributed by atoms with Crippen LogP contribution >= 0.6 is 11.3 Å². The first kappa shape index (κ1) is 15.0. The lowest BCUT2D eigenvalue weighted by Crippen LogP contribution is -2.07. The number of methoxy groups -OCH3 is 1. The number of benzene rings is 1. The van der Waals surface area contributed by atoms with Crippen molar-refractivity contribution in [3.8, 4) is 17.2 Å². The standard InChI is InChI=1S/C16H13N3O3S/c1-21-12-5-2-4-11(10-12)15-18-19-16(22-15)17-14(20)8-7-13-6-3-9-23-13/h2-10H,1H3,(H,17,19,20). The number of nitrogens with zero attached hydrogens (tertiary/aromatic N) is 2. The largest absolute Gasteiger partial charge is 0.497 e. The molecule has 1 amide bonds. The molecule has 0 fully saturated rings. The van der Waals surface area contributed by atoms with Gasteiger partial charge < -0.3 is 9.15 Å². The molecule has 3 aromatic rings. The zero-order valence-corrected chi connectivity index (χ0v) is 13.0. The Balaban J connectivity index is 1.68. The maximum Gasteiger partial charge on any atom is 0.322 e. The first-order chi connectivity index (χ1) is 11.2. The highest BCUT2D eigenvalue weighted by Crippen LogP contribution is 2.23. The average Bonchev–Trinajstić information content (AvgIpc) is 3.25. The van der Waals surface area contributed by atoms with Crippen LogP contribution in [-0.4, -0.2) is 23.2 Å². The van der Waals surface area contributed by atoms with E-state index >= 15 is 0 Å². The van der Waals surface area contributed by atoms with Crippen LogP contribution in [0.2, 0.25) is 0 Å². The molecular formula is C16H13N3O3S. The second-order valence-electron chi connectivity index (χ2n) is 4.48. The van der Waals surface area contributed by atoms with E-state index in [0.29, 0.717) is 17.2 Å². The Kier molecular flexibility index (Phi) is 4.49. The van der Waals surface area contributed by atoms with Gasteiger partial charge in [-0.1, -0.05) is 17.2 Å². The summed E-state index contributed by atoms with van der Waals surface area (Å²) in [7, 11) is 1.58. The highest BCUT2D eigenvalue weighted by atomic mass is 32.1. The van der Waals surface area contributed by atoms with E-state index in [0.717, 1.165) is 4.88 Å². The van der Waals surface area contributed by atoms with Crippen LogP contribution < -0.4 is 10.1 Å². The quantitative estimate of drug-likeness (QED) is 0.726. The van der Waals surface area contributed by atoms with E-state index in [9.17, 15) is 4.79 Å². The number of aromatic nitrogens is 2. The average molecular weight is 327 g/mol. The van der Waals surface area contributed by atoms with Gasteiger partial charge in [0.05, 0.1) is 7.11 Å². The first-order valence-corrected chi connectivity index (χ1v) is 7.63. The molecule has 3 rings (SSSR count). The smallest absolute Gasteiger partial charge is 0.322 e. The lowest BCUT2D eigenvalue weighted by atomic mass is 10.2. The second kappa shape index (κ2) is 6.89.